The van der Waals surface area contributed by atoms with Gasteiger partial charge in [0.25, 0.3) is 0 Å². The topological polar surface area (TPSA) is 58.7 Å². The Labute approximate surface area is 436 Å². The van der Waals surface area contributed by atoms with Gasteiger partial charge in [-0.15, -0.1) is 0 Å². The molecule has 0 aliphatic carbocycles. The first-order valence-electron chi connectivity index (χ1n) is 25.7. The van der Waals surface area contributed by atoms with Crippen molar-refractivity contribution >= 4 is 45.5 Å². The molecule has 0 unspecified atom stereocenters. The van der Waals surface area contributed by atoms with Gasteiger partial charge in [0.2, 0.25) is 0 Å². The lowest BCUT2D eigenvalue weighted by Crippen LogP contribution is -2.26. The van der Waals surface area contributed by atoms with Crippen LogP contribution in [0, 0.1) is 0 Å². The Morgan fingerprint density at radius 3 is 0.753 bits per heavy atom. The van der Waals surface area contributed by atoms with Crippen LogP contribution < -0.4 is 39.0 Å². The molecule has 1 heterocycles. The Kier molecular flexibility index (Phi) is 14.6. The minimum absolute atomic E-state index is 0.259. The summed E-state index contributed by atoms with van der Waals surface area (Å²) in [5.74, 6) is 2.82. The third-order valence-corrected chi connectivity index (χ3v) is 14.1. The van der Waals surface area contributed by atoms with Crippen molar-refractivity contribution in [1.82, 2.24) is 0 Å². The molecule has 0 saturated heterocycles. The first-order chi connectivity index (χ1) is 34.5. The molecule has 1 N–H and O–H groups in total. The van der Waals surface area contributed by atoms with Gasteiger partial charge in [-0.1, -0.05) is 174 Å². The van der Waals surface area contributed by atoms with E-state index in [0.717, 1.165) is 95.9 Å². The molecule has 8 rings (SSSR count). The Morgan fingerprint density at radius 1 is 0.315 bits per heavy atom. The van der Waals surface area contributed by atoms with Crippen molar-refractivity contribution in [2.75, 3.05) is 48.5 Å². The average Bonchev–Trinajstić information content (AvgIpc) is 3.35. The molecule has 1 aliphatic heterocycles. The Balaban J connectivity index is 1.65. The van der Waals surface area contributed by atoms with Crippen LogP contribution in [0.1, 0.15) is 122 Å². The maximum atomic E-state index is 6.91. The van der Waals surface area contributed by atoms with Crippen molar-refractivity contribution < 1.29 is 18.9 Å². The maximum Gasteiger partial charge on any atom is 0.166 e. The fourth-order valence-electron chi connectivity index (χ4n) is 9.74. The molecule has 73 heavy (non-hydrogen) atoms. The van der Waals surface area contributed by atoms with Crippen LogP contribution in [0.15, 0.2) is 140 Å². The summed E-state index contributed by atoms with van der Waals surface area (Å²) in [5.41, 5.74) is 13.9. The van der Waals surface area contributed by atoms with Crippen LogP contribution in [0.3, 0.4) is 0 Å². The summed E-state index contributed by atoms with van der Waals surface area (Å²) < 4.78 is 27.3. The molecule has 0 atom stereocenters. The van der Waals surface area contributed by atoms with Crippen molar-refractivity contribution in [3.8, 4) is 23.0 Å². The molecule has 0 fully saturated rings. The van der Waals surface area contributed by atoms with Gasteiger partial charge in [0.1, 0.15) is 0 Å². The van der Waals surface area contributed by atoms with Crippen LogP contribution in [0.4, 0.5) is 45.5 Å². The molecule has 0 amide bonds. The summed E-state index contributed by atoms with van der Waals surface area (Å²) >= 11 is 0. The van der Waals surface area contributed by atoms with Crippen LogP contribution in [0.25, 0.3) is 0 Å². The summed E-state index contributed by atoms with van der Waals surface area (Å²) in [6.45, 7) is 28.9. The molecular formula is C65H78N4O4. The molecule has 8 heteroatoms. The van der Waals surface area contributed by atoms with E-state index in [-0.39, 0.29) is 21.7 Å². The van der Waals surface area contributed by atoms with E-state index in [1.807, 2.05) is 0 Å². The zero-order chi connectivity index (χ0) is 52.6. The number of methoxy groups -OCH3 is 4. The molecule has 8 nitrogen and oxygen atoms in total. The SMILES string of the molecule is COc1c2cc(C(C)(C)C)cc1N(Cc1ccccc1)c1cc(C(C)(C)C)cc(c1OC)N(Cc1ccccc1)c1cc(C(C)(C)C)cc(c1OC)N(Cc1ccccc1)c1cc(C(C)(C)C)cc(c1OC)N2. The number of benzene rings is 7. The number of nitrogens with one attached hydrogen (secondary N) is 1. The number of ether oxygens (including phenoxy) is 4. The maximum absolute atomic E-state index is 6.91. The second kappa shape index (κ2) is 20.5. The molecule has 1 aliphatic rings. The van der Waals surface area contributed by atoms with Crippen LogP contribution in [0.2, 0.25) is 0 Å². The van der Waals surface area contributed by atoms with Gasteiger partial charge in [-0.2, -0.15) is 0 Å². The predicted octanol–water partition coefficient (Wildman–Crippen LogP) is 17.0. The average molecular weight is 979 g/mol. The Hall–Kier alpha value is -7.06. The largest absolute Gasteiger partial charge is 0.492 e. The standard InChI is InChI=1S/C65H78N4O4/c1-62(2,3)46-32-50-58(70-13)52(34-46)67(40-43-26-20-17-21-27-43)54-36-48(64(7,8)9)38-56(60(54)72-15)69(42-45-30-24-19-25-31-45)57-39-49(65(10,11)12)37-55(61(57)73-16)68(41-44-28-22-18-23-29-44)53-35-47(63(4,5)6)33-51(66-50)59(53)71-14/h17-39,66H,40-42H2,1-16H3. The van der Waals surface area contributed by atoms with E-state index in [4.69, 9.17) is 18.9 Å². The number of anilines is 8. The number of hydrogen-bond acceptors (Lipinski definition) is 8. The smallest absolute Gasteiger partial charge is 0.166 e. The minimum atomic E-state index is -0.281. The molecular weight excluding hydrogens is 901 g/mol. The van der Waals surface area contributed by atoms with Gasteiger partial charge in [-0.25, -0.2) is 0 Å². The van der Waals surface area contributed by atoms with Gasteiger partial charge in [0, 0.05) is 19.6 Å². The van der Waals surface area contributed by atoms with Crippen LogP contribution in [0.5, 0.6) is 23.0 Å². The van der Waals surface area contributed by atoms with Crippen molar-refractivity contribution in [1.29, 1.82) is 0 Å². The zero-order valence-electron chi connectivity index (χ0n) is 46.4. The van der Waals surface area contributed by atoms with Gasteiger partial charge in [-0.05, 0) is 109 Å². The summed E-state index contributed by atoms with van der Waals surface area (Å²) in [5, 5.41) is 4.00. The Morgan fingerprint density at radius 2 is 0.534 bits per heavy atom. The van der Waals surface area contributed by atoms with Crippen molar-refractivity contribution in [3.63, 3.8) is 0 Å². The van der Waals surface area contributed by atoms with Crippen molar-refractivity contribution in [2.45, 2.75) is 124 Å². The molecule has 7 aromatic rings. The predicted molar refractivity (Wildman–Crippen MR) is 307 cm³/mol. The second-order valence-electron chi connectivity index (χ2n) is 23.6. The Bertz CT molecular complexity index is 2860. The molecule has 0 aromatic heterocycles. The molecule has 382 valence electrons. The molecule has 7 aromatic carbocycles. The lowest BCUT2D eigenvalue weighted by atomic mass is 9.84. The normalized spacial score (nSPS) is 13.1. The van der Waals surface area contributed by atoms with E-state index in [2.05, 4.69) is 243 Å². The first-order valence-corrected chi connectivity index (χ1v) is 25.7. The molecule has 0 radical (unpaired) electrons. The fourth-order valence-corrected chi connectivity index (χ4v) is 9.74. The first kappa shape index (κ1) is 52.3. The summed E-state index contributed by atoms with van der Waals surface area (Å²) in [7, 11) is 7.15. The van der Waals surface area contributed by atoms with Gasteiger partial charge in [0.05, 0.1) is 73.9 Å². The number of hydrogen-bond donors (Lipinski definition) is 1. The van der Waals surface area contributed by atoms with Gasteiger partial charge in [-0.3, -0.25) is 0 Å². The third kappa shape index (κ3) is 11.0. The number of rotatable bonds is 10. The van der Waals surface area contributed by atoms with E-state index in [0.29, 0.717) is 31.1 Å². The van der Waals surface area contributed by atoms with Crippen LogP contribution >= 0.6 is 0 Å². The van der Waals surface area contributed by atoms with Gasteiger partial charge >= 0.3 is 0 Å². The van der Waals surface area contributed by atoms with E-state index in [1.54, 1.807) is 28.4 Å². The van der Waals surface area contributed by atoms with E-state index < -0.39 is 0 Å². The quantitative estimate of drug-likeness (QED) is 0.145. The molecule has 0 spiro atoms. The highest BCUT2D eigenvalue weighted by Gasteiger charge is 2.35. The van der Waals surface area contributed by atoms with Crippen molar-refractivity contribution in [3.05, 3.63) is 178 Å². The van der Waals surface area contributed by atoms with Gasteiger partial charge in [0.15, 0.2) is 23.0 Å². The third-order valence-electron chi connectivity index (χ3n) is 14.1. The highest BCUT2D eigenvalue weighted by molar-refractivity contribution is 5.92. The van der Waals surface area contributed by atoms with E-state index in [9.17, 15) is 0 Å². The summed E-state index contributed by atoms with van der Waals surface area (Å²) in [6, 6.07) is 50.5. The number of fused-ring (bicyclic) bond motifs is 8. The number of nitrogens with zero attached hydrogens (tertiary/aromatic N) is 3. The highest BCUT2D eigenvalue weighted by atomic mass is 16.5. The zero-order valence-corrected chi connectivity index (χ0v) is 46.4. The van der Waals surface area contributed by atoms with E-state index >= 15 is 0 Å². The fraction of sp³-hybridized carbons (Fsp3) is 0.354. The van der Waals surface area contributed by atoms with Gasteiger partial charge < -0.3 is 39.0 Å². The highest BCUT2D eigenvalue weighted by Crippen LogP contribution is 2.56. The molecule has 0 saturated carbocycles. The van der Waals surface area contributed by atoms with Crippen LogP contribution in [-0.4, -0.2) is 28.4 Å². The molecule has 8 bridgehead atoms. The summed E-state index contributed by atoms with van der Waals surface area (Å²) in [4.78, 5) is 7.20. The lowest BCUT2D eigenvalue weighted by molar-refractivity contribution is 0.408. The van der Waals surface area contributed by atoms with Crippen molar-refractivity contribution in [2.24, 2.45) is 0 Å². The van der Waals surface area contributed by atoms with Crippen LogP contribution in [-0.2, 0) is 41.3 Å². The van der Waals surface area contributed by atoms with E-state index in [1.165, 1.54) is 0 Å². The lowest BCUT2D eigenvalue weighted by Gasteiger charge is -2.38. The second-order valence-corrected chi connectivity index (χ2v) is 23.6. The monoisotopic (exact) mass is 979 g/mol. The minimum Gasteiger partial charge on any atom is -0.492 e. The summed E-state index contributed by atoms with van der Waals surface area (Å²) in [6.07, 6.45) is 0.